The molecule has 4 aromatic rings. The quantitative estimate of drug-likeness (QED) is 0.386. The van der Waals surface area contributed by atoms with Crippen molar-refractivity contribution < 1.29 is 21.9 Å². The average Bonchev–Trinajstić information content (AvgIpc) is 3.50. The van der Waals surface area contributed by atoms with Gasteiger partial charge in [-0.3, -0.25) is 4.57 Å². The largest absolute Gasteiger partial charge is 0.378 e. The summed E-state index contributed by atoms with van der Waals surface area (Å²) >= 11 is 0. The van der Waals surface area contributed by atoms with E-state index in [-0.39, 0.29) is 11.9 Å². The highest BCUT2D eigenvalue weighted by molar-refractivity contribution is 7.88. The van der Waals surface area contributed by atoms with Gasteiger partial charge in [0.15, 0.2) is 22.8 Å². The summed E-state index contributed by atoms with van der Waals surface area (Å²) in [7, 11) is -3.27. The van der Waals surface area contributed by atoms with E-state index in [1.807, 2.05) is 9.47 Å². The van der Waals surface area contributed by atoms with Crippen LogP contribution in [0.3, 0.4) is 0 Å². The molecule has 0 N–H and O–H groups in total. The predicted octanol–water partition coefficient (Wildman–Crippen LogP) is 2.54. The Hall–Kier alpha value is -3.23. The minimum Gasteiger partial charge on any atom is -0.378 e. The third-order valence-electron chi connectivity index (χ3n) is 6.96. The van der Waals surface area contributed by atoms with Gasteiger partial charge in [0.05, 0.1) is 36.8 Å². The number of rotatable bonds is 5. The molecule has 14 heteroatoms. The first kappa shape index (κ1) is 24.1. The summed E-state index contributed by atoms with van der Waals surface area (Å²) in [6.07, 6.45) is 1.20. The van der Waals surface area contributed by atoms with Gasteiger partial charge in [0.1, 0.15) is 0 Å². The number of benzene rings is 1. The molecular weight excluding hydrogens is 506 g/mol. The van der Waals surface area contributed by atoms with E-state index < -0.39 is 22.3 Å². The molecule has 0 saturated carbocycles. The zero-order chi connectivity index (χ0) is 25.7. The number of halogens is 2. The van der Waals surface area contributed by atoms with Gasteiger partial charge in [-0.1, -0.05) is 12.1 Å². The standard InChI is InChI=1S/C23H26F2N8O3S/c1-37(34,35)31-8-6-15(7-9-31)32-14-26-18-20(32)28-23(30-10-12-36-13-11-30)29-21(18)33-17-5-3-2-4-16(17)27-22(33)19(24)25/h2-5,14-15,19H,6-13H2,1H3. The summed E-state index contributed by atoms with van der Waals surface area (Å²) in [5.74, 6) is 0.229. The maximum Gasteiger partial charge on any atom is 0.296 e. The number of hydrogen-bond acceptors (Lipinski definition) is 8. The van der Waals surface area contributed by atoms with Gasteiger partial charge in [0, 0.05) is 32.2 Å². The highest BCUT2D eigenvalue weighted by Crippen LogP contribution is 2.33. The third-order valence-corrected chi connectivity index (χ3v) is 8.27. The lowest BCUT2D eigenvalue weighted by Crippen LogP contribution is -2.38. The van der Waals surface area contributed by atoms with Gasteiger partial charge in [-0.2, -0.15) is 9.97 Å². The number of hydrogen-bond donors (Lipinski definition) is 0. The zero-order valence-electron chi connectivity index (χ0n) is 20.2. The topological polar surface area (TPSA) is 111 Å². The molecule has 0 amide bonds. The highest BCUT2D eigenvalue weighted by atomic mass is 32.2. The van der Waals surface area contributed by atoms with Crippen molar-refractivity contribution in [3.8, 4) is 5.82 Å². The Morgan fingerprint density at radius 1 is 1.03 bits per heavy atom. The molecule has 3 aromatic heterocycles. The molecule has 6 rings (SSSR count). The second-order valence-electron chi connectivity index (χ2n) is 9.26. The molecule has 2 aliphatic rings. The van der Waals surface area contributed by atoms with Crippen molar-refractivity contribution in [2.75, 3.05) is 50.5 Å². The first-order valence-corrected chi connectivity index (χ1v) is 13.9. The van der Waals surface area contributed by atoms with Crippen LogP contribution in [-0.4, -0.2) is 87.4 Å². The summed E-state index contributed by atoms with van der Waals surface area (Å²) in [6.45, 7) is 2.93. The number of para-hydroxylation sites is 2. The minimum absolute atomic E-state index is 0.0441. The molecule has 37 heavy (non-hydrogen) atoms. The number of sulfonamides is 1. The predicted molar refractivity (Wildman–Crippen MR) is 133 cm³/mol. The molecule has 0 spiro atoms. The summed E-state index contributed by atoms with van der Waals surface area (Å²) in [5.41, 5.74) is 1.83. The summed E-state index contributed by atoms with van der Waals surface area (Å²) < 4.78 is 62.6. The van der Waals surface area contributed by atoms with Crippen molar-refractivity contribution in [3.05, 3.63) is 36.4 Å². The number of aromatic nitrogens is 6. The van der Waals surface area contributed by atoms with Crippen LogP contribution >= 0.6 is 0 Å². The van der Waals surface area contributed by atoms with Gasteiger partial charge in [-0.15, -0.1) is 0 Å². The number of imidazole rings is 2. The summed E-state index contributed by atoms with van der Waals surface area (Å²) in [6, 6.07) is 6.89. The van der Waals surface area contributed by atoms with E-state index in [4.69, 9.17) is 14.7 Å². The highest BCUT2D eigenvalue weighted by Gasteiger charge is 2.30. The van der Waals surface area contributed by atoms with Crippen molar-refractivity contribution in [1.29, 1.82) is 0 Å². The molecular formula is C23H26F2N8O3S. The Morgan fingerprint density at radius 2 is 1.76 bits per heavy atom. The molecule has 2 aliphatic heterocycles. The fraction of sp³-hybridized carbons (Fsp3) is 0.478. The fourth-order valence-corrected chi connectivity index (χ4v) is 5.96. The lowest BCUT2D eigenvalue weighted by molar-refractivity contribution is 0.122. The van der Waals surface area contributed by atoms with E-state index in [0.29, 0.717) is 80.4 Å². The number of nitrogens with zero attached hydrogens (tertiary/aromatic N) is 8. The Morgan fingerprint density at radius 3 is 2.46 bits per heavy atom. The van der Waals surface area contributed by atoms with Gasteiger partial charge >= 0.3 is 0 Å². The Kier molecular flexibility index (Phi) is 6.04. The Bertz CT molecular complexity index is 1560. The third kappa shape index (κ3) is 4.32. The molecule has 5 heterocycles. The fourth-order valence-electron chi connectivity index (χ4n) is 5.08. The van der Waals surface area contributed by atoms with Crippen LogP contribution in [0, 0.1) is 0 Å². The lowest BCUT2D eigenvalue weighted by atomic mass is 10.1. The van der Waals surface area contributed by atoms with Crippen molar-refractivity contribution in [2.24, 2.45) is 0 Å². The minimum atomic E-state index is -3.27. The second-order valence-corrected chi connectivity index (χ2v) is 11.2. The van der Waals surface area contributed by atoms with Gasteiger partial charge in [-0.05, 0) is 25.0 Å². The molecule has 2 fully saturated rings. The molecule has 2 saturated heterocycles. The molecule has 0 bridgehead atoms. The van der Waals surface area contributed by atoms with Crippen LogP contribution in [0.25, 0.3) is 28.0 Å². The van der Waals surface area contributed by atoms with Crippen LogP contribution in [0.5, 0.6) is 0 Å². The summed E-state index contributed by atoms with van der Waals surface area (Å²) in [4.78, 5) is 20.3. The Balaban J connectivity index is 1.52. The SMILES string of the molecule is CS(=O)(=O)N1CCC(n2cnc3c(-n4c(C(F)F)nc5ccccc54)nc(N4CCOCC4)nc32)CC1. The summed E-state index contributed by atoms with van der Waals surface area (Å²) in [5, 5.41) is 0. The van der Waals surface area contributed by atoms with Crippen LogP contribution < -0.4 is 4.90 Å². The number of alkyl halides is 2. The molecule has 196 valence electrons. The molecule has 0 unspecified atom stereocenters. The van der Waals surface area contributed by atoms with Gasteiger partial charge in [-0.25, -0.2) is 31.5 Å². The average molecular weight is 533 g/mol. The lowest BCUT2D eigenvalue weighted by Gasteiger charge is -2.31. The zero-order valence-corrected chi connectivity index (χ0v) is 21.0. The van der Waals surface area contributed by atoms with Crippen molar-refractivity contribution >= 4 is 38.2 Å². The molecule has 0 aliphatic carbocycles. The van der Waals surface area contributed by atoms with Crippen molar-refractivity contribution in [1.82, 2.24) is 33.4 Å². The van der Waals surface area contributed by atoms with E-state index >= 15 is 0 Å². The normalized spacial score (nSPS) is 18.4. The van der Waals surface area contributed by atoms with E-state index in [2.05, 4.69) is 9.97 Å². The van der Waals surface area contributed by atoms with E-state index in [1.54, 1.807) is 30.6 Å². The van der Waals surface area contributed by atoms with Crippen LogP contribution in [0.1, 0.15) is 31.1 Å². The van der Waals surface area contributed by atoms with Gasteiger partial charge < -0.3 is 14.2 Å². The first-order valence-electron chi connectivity index (χ1n) is 12.1. The number of piperidine rings is 1. The number of ether oxygens (including phenoxy) is 1. The van der Waals surface area contributed by atoms with Crippen molar-refractivity contribution in [3.63, 3.8) is 0 Å². The molecule has 1 aromatic carbocycles. The van der Waals surface area contributed by atoms with Crippen molar-refractivity contribution in [2.45, 2.75) is 25.3 Å². The molecule has 0 atom stereocenters. The maximum absolute atomic E-state index is 14.2. The van der Waals surface area contributed by atoms with Crippen LogP contribution in [0.2, 0.25) is 0 Å². The Labute approximate surface area is 211 Å². The van der Waals surface area contributed by atoms with Crippen LogP contribution in [0.4, 0.5) is 14.7 Å². The van der Waals surface area contributed by atoms with E-state index in [9.17, 15) is 17.2 Å². The first-order chi connectivity index (χ1) is 17.8. The smallest absolute Gasteiger partial charge is 0.296 e. The number of anilines is 1. The number of fused-ring (bicyclic) bond motifs is 2. The molecule has 11 nitrogen and oxygen atoms in total. The van der Waals surface area contributed by atoms with Crippen LogP contribution in [0.15, 0.2) is 30.6 Å². The monoisotopic (exact) mass is 532 g/mol. The van der Waals surface area contributed by atoms with Gasteiger partial charge in [0.2, 0.25) is 16.0 Å². The molecule has 0 radical (unpaired) electrons. The van der Waals surface area contributed by atoms with E-state index in [1.165, 1.54) is 15.1 Å². The van der Waals surface area contributed by atoms with E-state index in [0.717, 1.165) is 0 Å². The number of morpholine rings is 1. The van der Waals surface area contributed by atoms with Gasteiger partial charge in [0.25, 0.3) is 6.43 Å². The van der Waals surface area contributed by atoms with Crippen LogP contribution in [-0.2, 0) is 14.8 Å². The maximum atomic E-state index is 14.2. The second kappa shape index (κ2) is 9.26.